The molecule has 0 atom stereocenters. The summed E-state index contributed by atoms with van der Waals surface area (Å²) in [6.07, 6.45) is 0. The van der Waals surface area contributed by atoms with Crippen LogP contribution in [0.1, 0.15) is 15.9 Å². The van der Waals surface area contributed by atoms with Crippen LogP contribution in [-0.4, -0.2) is 46.6 Å². The monoisotopic (exact) mass is 578 g/mol. The smallest absolute Gasteiger partial charge is 0.344 e. The number of carbonyl (C=O) groups is 1. The Labute approximate surface area is 229 Å². The molecule has 15 heteroatoms. The maximum Gasteiger partial charge on any atom is 0.344 e. The van der Waals surface area contributed by atoms with E-state index in [1.807, 2.05) is 0 Å². The van der Waals surface area contributed by atoms with Crippen molar-refractivity contribution in [3.05, 3.63) is 68.4 Å². The third kappa shape index (κ3) is 3.57. The minimum Gasteiger partial charge on any atom is -0.504 e. The molecule has 0 saturated carbocycles. The molecule has 0 saturated heterocycles. The Morgan fingerprint density at radius 3 is 1.88 bits per heavy atom. The van der Waals surface area contributed by atoms with Gasteiger partial charge in [-0.2, -0.15) is 0 Å². The lowest BCUT2D eigenvalue weighted by Gasteiger charge is -2.14. The zero-order chi connectivity index (χ0) is 30.2. The van der Waals surface area contributed by atoms with Crippen molar-refractivity contribution in [2.24, 2.45) is 0 Å². The van der Waals surface area contributed by atoms with Crippen molar-refractivity contribution in [1.82, 2.24) is 0 Å². The van der Waals surface area contributed by atoms with Crippen LogP contribution in [0.2, 0.25) is 0 Å². The highest BCUT2D eigenvalue weighted by molar-refractivity contribution is 6.22. The number of phenolic OH excluding ortho intramolecular Hbond substituents is 8. The van der Waals surface area contributed by atoms with Gasteiger partial charge in [-0.15, -0.1) is 0 Å². The van der Waals surface area contributed by atoms with Crippen LogP contribution in [0.4, 0.5) is 0 Å². The molecule has 6 rings (SSSR count). The average molecular weight is 578 g/mol. The van der Waals surface area contributed by atoms with E-state index in [1.165, 1.54) is 0 Å². The molecular weight excluding hydrogens is 564 g/mol. The van der Waals surface area contributed by atoms with Crippen molar-refractivity contribution in [2.75, 3.05) is 0 Å². The molecule has 8 N–H and O–H groups in total. The Morgan fingerprint density at radius 2 is 1.19 bits per heavy atom. The lowest BCUT2D eigenvalue weighted by Crippen LogP contribution is -2.09. The Bertz CT molecular complexity index is 2240. The predicted octanol–water partition coefficient (Wildman–Crippen LogP) is 2.74. The van der Waals surface area contributed by atoms with Crippen molar-refractivity contribution >= 4 is 38.5 Å². The third-order valence-corrected chi connectivity index (χ3v) is 6.44. The van der Waals surface area contributed by atoms with E-state index in [0.717, 1.165) is 36.4 Å². The Hall–Kier alpha value is -6.51. The van der Waals surface area contributed by atoms with Crippen LogP contribution in [0.25, 0.3) is 32.7 Å². The third-order valence-electron chi connectivity index (χ3n) is 6.44. The van der Waals surface area contributed by atoms with Gasteiger partial charge >= 0.3 is 11.3 Å². The molecule has 0 aliphatic carbocycles. The molecule has 2 heterocycles. The summed E-state index contributed by atoms with van der Waals surface area (Å²) in [7, 11) is 0. The van der Waals surface area contributed by atoms with Gasteiger partial charge in [-0.3, -0.25) is 14.6 Å². The first kappa shape index (κ1) is 25.8. The summed E-state index contributed by atoms with van der Waals surface area (Å²) in [5, 5.41) is 79.6. The standard InChI is InChI=1S/C27H14O15/c28-11-2-1-8(19(33)21(11)35)18(32)7-3-12(29)20(34)15(4-7)41-42-23-14(31)6-10-17-16-9(27(38)40-25(17)23)5-13(30)22(36)24(16)39-26(10)37/h1-6,28-31,33-36H. The molecular formula is C27H14O15. The maximum absolute atomic E-state index is 13.0. The zero-order valence-corrected chi connectivity index (χ0v) is 20.4. The van der Waals surface area contributed by atoms with E-state index in [2.05, 4.69) is 0 Å². The SMILES string of the molecule is O=C(c1cc(O)c(O)c(OOc2c(O)cc3c(=O)oc4c(O)c(O)cc5c(=O)oc2c3c45)c1)c1ccc(O)c(O)c1O. The normalized spacial score (nSPS) is 11.4. The van der Waals surface area contributed by atoms with Crippen LogP contribution in [0, 0.1) is 0 Å². The number of aromatic hydroxyl groups is 8. The van der Waals surface area contributed by atoms with E-state index in [1.54, 1.807) is 0 Å². The highest BCUT2D eigenvalue weighted by Crippen LogP contribution is 2.46. The van der Waals surface area contributed by atoms with Gasteiger partial charge in [-0.25, -0.2) is 9.59 Å². The second-order valence-corrected chi connectivity index (χ2v) is 8.92. The van der Waals surface area contributed by atoms with Gasteiger partial charge in [0.2, 0.25) is 23.0 Å². The zero-order valence-electron chi connectivity index (χ0n) is 20.4. The summed E-state index contributed by atoms with van der Waals surface area (Å²) < 4.78 is 10.3. The summed E-state index contributed by atoms with van der Waals surface area (Å²) in [5.41, 5.74) is -4.26. The minimum absolute atomic E-state index is 0.166. The number of carbonyl (C=O) groups excluding carboxylic acids is 1. The van der Waals surface area contributed by atoms with E-state index in [9.17, 15) is 55.2 Å². The number of ketones is 1. The molecule has 0 spiro atoms. The van der Waals surface area contributed by atoms with Crippen LogP contribution in [0.3, 0.4) is 0 Å². The summed E-state index contributed by atoms with van der Waals surface area (Å²) in [6, 6.07) is 5.29. The number of benzene rings is 4. The van der Waals surface area contributed by atoms with Gasteiger partial charge < -0.3 is 49.7 Å². The Balaban J connectivity index is 1.48. The number of phenols is 8. The number of hydrogen-bond donors (Lipinski definition) is 8. The van der Waals surface area contributed by atoms with E-state index < -0.39 is 96.8 Å². The van der Waals surface area contributed by atoms with E-state index in [0.29, 0.717) is 0 Å². The molecule has 0 aliphatic heterocycles. The van der Waals surface area contributed by atoms with Crippen molar-refractivity contribution in [2.45, 2.75) is 0 Å². The van der Waals surface area contributed by atoms with Crippen molar-refractivity contribution < 1.29 is 64.3 Å². The van der Waals surface area contributed by atoms with Gasteiger partial charge in [-0.1, -0.05) is 0 Å². The van der Waals surface area contributed by atoms with E-state index in [4.69, 9.17) is 18.6 Å². The Morgan fingerprint density at radius 1 is 0.595 bits per heavy atom. The fourth-order valence-electron chi connectivity index (χ4n) is 4.43. The first-order valence-electron chi connectivity index (χ1n) is 11.5. The van der Waals surface area contributed by atoms with Gasteiger partial charge in [0.05, 0.1) is 16.3 Å². The summed E-state index contributed by atoms with van der Waals surface area (Å²) >= 11 is 0. The predicted molar refractivity (Wildman–Crippen MR) is 138 cm³/mol. The van der Waals surface area contributed by atoms with Crippen molar-refractivity contribution in [3.63, 3.8) is 0 Å². The first-order chi connectivity index (χ1) is 19.9. The van der Waals surface area contributed by atoms with Gasteiger partial charge in [0.25, 0.3) is 5.75 Å². The van der Waals surface area contributed by atoms with Gasteiger partial charge in [0, 0.05) is 22.4 Å². The summed E-state index contributed by atoms with van der Waals surface area (Å²) in [5.74, 6) is -9.43. The Kier molecular flexibility index (Phi) is 5.36. The highest BCUT2D eigenvalue weighted by atomic mass is 17.2. The molecule has 6 aromatic rings. The molecule has 0 radical (unpaired) electrons. The fourth-order valence-corrected chi connectivity index (χ4v) is 4.43. The number of hydrogen-bond acceptors (Lipinski definition) is 15. The highest BCUT2D eigenvalue weighted by Gasteiger charge is 2.28. The molecule has 212 valence electrons. The molecule has 0 bridgehead atoms. The minimum atomic E-state index is -1.11. The molecule has 4 aromatic carbocycles. The second-order valence-electron chi connectivity index (χ2n) is 8.92. The topological polar surface area (TPSA) is 258 Å². The van der Waals surface area contributed by atoms with Crippen LogP contribution >= 0.6 is 0 Å². The summed E-state index contributed by atoms with van der Waals surface area (Å²) in [6.45, 7) is 0. The van der Waals surface area contributed by atoms with Crippen LogP contribution in [-0.2, 0) is 0 Å². The summed E-state index contributed by atoms with van der Waals surface area (Å²) in [4.78, 5) is 48.5. The van der Waals surface area contributed by atoms with Crippen molar-refractivity contribution in [1.29, 1.82) is 0 Å². The quantitative estimate of drug-likeness (QED) is 0.0365. The van der Waals surface area contributed by atoms with Crippen LogP contribution < -0.4 is 21.0 Å². The molecule has 15 nitrogen and oxygen atoms in total. The maximum atomic E-state index is 13.0. The van der Waals surface area contributed by atoms with Crippen LogP contribution in [0.15, 0.2) is 54.8 Å². The molecule has 0 aliphatic rings. The molecule has 0 fully saturated rings. The van der Waals surface area contributed by atoms with Gasteiger partial charge in [0.1, 0.15) is 0 Å². The average Bonchev–Trinajstić information content (AvgIpc) is 2.95. The van der Waals surface area contributed by atoms with Crippen molar-refractivity contribution in [3.8, 4) is 57.5 Å². The van der Waals surface area contributed by atoms with Gasteiger partial charge in [0.15, 0.2) is 45.7 Å². The first-order valence-corrected chi connectivity index (χ1v) is 11.5. The fraction of sp³-hybridized carbons (Fsp3) is 0. The van der Waals surface area contributed by atoms with Crippen LogP contribution in [0.5, 0.6) is 57.5 Å². The van der Waals surface area contributed by atoms with Gasteiger partial charge in [-0.05, 0) is 30.3 Å². The number of rotatable bonds is 5. The second kappa shape index (κ2) is 8.75. The largest absolute Gasteiger partial charge is 0.504 e. The molecule has 2 aromatic heterocycles. The molecule has 42 heavy (non-hydrogen) atoms. The molecule has 0 unspecified atom stereocenters. The lowest BCUT2D eigenvalue weighted by molar-refractivity contribution is -0.103. The molecule has 0 amide bonds. The van der Waals surface area contributed by atoms with E-state index in [-0.39, 0.29) is 21.5 Å². The lowest BCUT2D eigenvalue weighted by atomic mass is 10.0. The van der Waals surface area contributed by atoms with E-state index >= 15 is 0 Å².